The molecule has 20 heavy (non-hydrogen) atoms. The van der Waals surface area contributed by atoms with Crippen molar-refractivity contribution in [3.05, 3.63) is 33.9 Å². The Labute approximate surface area is 124 Å². The fraction of sp³-hybridized carbons (Fsp3) is 0.286. The lowest BCUT2D eigenvalue weighted by Gasteiger charge is -2.04. The highest BCUT2D eigenvalue weighted by Gasteiger charge is 2.17. The van der Waals surface area contributed by atoms with E-state index in [-0.39, 0.29) is 11.6 Å². The van der Waals surface area contributed by atoms with Crippen molar-refractivity contribution in [2.24, 2.45) is 0 Å². The summed E-state index contributed by atoms with van der Waals surface area (Å²) < 4.78 is 0.889. The molecule has 0 saturated carbocycles. The highest BCUT2D eigenvalue weighted by Crippen LogP contribution is 2.26. The molecule has 6 heteroatoms. The van der Waals surface area contributed by atoms with Crippen LogP contribution in [0.15, 0.2) is 22.7 Å². The minimum absolute atomic E-state index is 0.0390. The molecular formula is C14H15BrN2O3. The smallest absolute Gasteiger partial charge is 0.352 e. The van der Waals surface area contributed by atoms with Crippen LogP contribution in [0.1, 0.15) is 29.4 Å². The Hall–Kier alpha value is -1.82. The largest absolute Gasteiger partial charge is 0.477 e. The van der Waals surface area contributed by atoms with E-state index >= 15 is 0 Å². The number of fused-ring (bicyclic) bond motifs is 1. The van der Waals surface area contributed by atoms with Gasteiger partial charge < -0.3 is 15.4 Å². The summed E-state index contributed by atoms with van der Waals surface area (Å²) in [7, 11) is 0. The number of benzene rings is 1. The topological polar surface area (TPSA) is 82.2 Å². The van der Waals surface area contributed by atoms with Crippen molar-refractivity contribution in [1.29, 1.82) is 0 Å². The number of aromatic nitrogens is 1. The summed E-state index contributed by atoms with van der Waals surface area (Å²) in [5.74, 6) is -1.03. The normalized spacial score (nSPS) is 10.7. The van der Waals surface area contributed by atoms with Crippen LogP contribution >= 0.6 is 15.9 Å². The predicted octanol–water partition coefficient (Wildman–Crippen LogP) is 2.70. The molecule has 0 spiro atoms. The minimum Gasteiger partial charge on any atom is -0.477 e. The van der Waals surface area contributed by atoms with Gasteiger partial charge in [-0.05, 0) is 30.2 Å². The summed E-state index contributed by atoms with van der Waals surface area (Å²) >= 11 is 3.38. The van der Waals surface area contributed by atoms with E-state index in [1.807, 2.05) is 18.2 Å². The van der Waals surface area contributed by atoms with Gasteiger partial charge >= 0.3 is 5.97 Å². The average Bonchev–Trinajstić information content (AvgIpc) is 2.77. The monoisotopic (exact) mass is 338 g/mol. The van der Waals surface area contributed by atoms with Gasteiger partial charge in [0.1, 0.15) is 5.69 Å². The van der Waals surface area contributed by atoms with Gasteiger partial charge in [0.2, 0.25) is 5.91 Å². The van der Waals surface area contributed by atoms with Crippen LogP contribution in [0.2, 0.25) is 0 Å². The first-order valence-electron chi connectivity index (χ1n) is 6.33. The second-order valence-electron chi connectivity index (χ2n) is 4.43. The SMILES string of the molecule is CCC(=O)NCCc1c(C(=O)O)[nH]c2ccc(Br)cc12. The van der Waals surface area contributed by atoms with Crippen LogP contribution in [0, 0.1) is 0 Å². The van der Waals surface area contributed by atoms with Crippen LogP contribution in [0.25, 0.3) is 10.9 Å². The maximum absolute atomic E-state index is 11.3. The lowest BCUT2D eigenvalue weighted by Crippen LogP contribution is -2.24. The Morgan fingerprint density at radius 3 is 2.80 bits per heavy atom. The molecule has 106 valence electrons. The third-order valence-corrected chi connectivity index (χ3v) is 3.59. The zero-order chi connectivity index (χ0) is 14.7. The van der Waals surface area contributed by atoms with Gasteiger partial charge in [0, 0.05) is 28.3 Å². The van der Waals surface area contributed by atoms with Crippen molar-refractivity contribution in [3.63, 3.8) is 0 Å². The van der Waals surface area contributed by atoms with Crippen LogP contribution in [0.3, 0.4) is 0 Å². The summed E-state index contributed by atoms with van der Waals surface area (Å²) in [4.78, 5) is 25.4. The predicted molar refractivity (Wildman–Crippen MR) is 80.0 cm³/mol. The van der Waals surface area contributed by atoms with E-state index in [9.17, 15) is 14.7 Å². The van der Waals surface area contributed by atoms with Crippen LogP contribution in [-0.4, -0.2) is 28.5 Å². The fourth-order valence-electron chi connectivity index (χ4n) is 2.11. The molecule has 1 aromatic carbocycles. The lowest BCUT2D eigenvalue weighted by molar-refractivity contribution is -0.120. The van der Waals surface area contributed by atoms with Gasteiger partial charge in [-0.1, -0.05) is 22.9 Å². The quantitative estimate of drug-likeness (QED) is 0.783. The molecule has 2 rings (SSSR count). The summed E-state index contributed by atoms with van der Waals surface area (Å²) in [5.41, 5.74) is 1.68. The molecule has 0 aliphatic heterocycles. The molecule has 0 aliphatic carbocycles. The molecule has 0 radical (unpaired) electrons. The van der Waals surface area contributed by atoms with E-state index < -0.39 is 5.97 Å². The molecule has 0 atom stereocenters. The van der Waals surface area contributed by atoms with Crippen LogP contribution in [-0.2, 0) is 11.2 Å². The molecule has 1 aromatic heterocycles. The number of carbonyl (C=O) groups excluding carboxylic acids is 1. The molecular weight excluding hydrogens is 324 g/mol. The number of halogens is 1. The van der Waals surface area contributed by atoms with Gasteiger partial charge in [-0.3, -0.25) is 4.79 Å². The molecule has 0 bridgehead atoms. The van der Waals surface area contributed by atoms with E-state index in [1.165, 1.54) is 0 Å². The number of hydrogen-bond donors (Lipinski definition) is 3. The Morgan fingerprint density at radius 2 is 2.15 bits per heavy atom. The number of carboxylic acids is 1. The van der Waals surface area contributed by atoms with Crippen molar-refractivity contribution < 1.29 is 14.7 Å². The van der Waals surface area contributed by atoms with Crippen molar-refractivity contribution in [3.8, 4) is 0 Å². The third kappa shape index (κ3) is 3.01. The van der Waals surface area contributed by atoms with Crippen LogP contribution in [0.4, 0.5) is 0 Å². The number of carbonyl (C=O) groups is 2. The van der Waals surface area contributed by atoms with Gasteiger partial charge in [0.25, 0.3) is 0 Å². The number of rotatable bonds is 5. The molecule has 1 heterocycles. The van der Waals surface area contributed by atoms with Crippen molar-refractivity contribution in [2.45, 2.75) is 19.8 Å². The average molecular weight is 339 g/mol. The summed E-state index contributed by atoms with van der Waals surface area (Å²) in [5, 5.41) is 12.9. The Bertz CT molecular complexity index is 664. The van der Waals surface area contributed by atoms with Gasteiger partial charge in [-0.2, -0.15) is 0 Å². The number of aromatic carboxylic acids is 1. The van der Waals surface area contributed by atoms with Crippen molar-refractivity contribution >= 4 is 38.7 Å². The molecule has 5 nitrogen and oxygen atoms in total. The fourth-order valence-corrected chi connectivity index (χ4v) is 2.48. The first kappa shape index (κ1) is 14.6. The molecule has 3 N–H and O–H groups in total. The van der Waals surface area contributed by atoms with Crippen molar-refractivity contribution in [2.75, 3.05) is 6.54 Å². The molecule has 0 fully saturated rings. The van der Waals surface area contributed by atoms with Crippen molar-refractivity contribution in [1.82, 2.24) is 10.3 Å². The lowest BCUT2D eigenvalue weighted by atomic mass is 10.1. The van der Waals surface area contributed by atoms with Gasteiger partial charge in [0.05, 0.1) is 0 Å². The Morgan fingerprint density at radius 1 is 1.40 bits per heavy atom. The molecule has 1 amide bonds. The van der Waals surface area contributed by atoms with Gasteiger partial charge in [0.15, 0.2) is 0 Å². The summed E-state index contributed by atoms with van der Waals surface area (Å²) in [6, 6.07) is 5.57. The zero-order valence-electron chi connectivity index (χ0n) is 11.0. The first-order valence-corrected chi connectivity index (χ1v) is 7.12. The van der Waals surface area contributed by atoms with E-state index in [0.717, 1.165) is 15.4 Å². The number of hydrogen-bond acceptors (Lipinski definition) is 2. The summed E-state index contributed by atoms with van der Waals surface area (Å²) in [6.07, 6.45) is 0.898. The number of aromatic amines is 1. The Balaban J connectivity index is 2.33. The van der Waals surface area contributed by atoms with E-state index in [4.69, 9.17) is 0 Å². The first-order chi connectivity index (χ1) is 9.52. The third-order valence-electron chi connectivity index (χ3n) is 3.10. The van der Waals surface area contributed by atoms with Gasteiger partial charge in [-0.25, -0.2) is 4.79 Å². The molecule has 0 saturated heterocycles. The maximum atomic E-state index is 11.3. The highest BCUT2D eigenvalue weighted by molar-refractivity contribution is 9.10. The second-order valence-corrected chi connectivity index (χ2v) is 5.34. The molecule has 0 unspecified atom stereocenters. The zero-order valence-corrected chi connectivity index (χ0v) is 12.6. The second kappa shape index (κ2) is 6.09. The Kier molecular flexibility index (Phi) is 4.44. The molecule has 0 aliphatic rings. The molecule has 2 aromatic rings. The number of amides is 1. The minimum atomic E-state index is -0.992. The highest BCUT2D eigenvalue weighted by atomic mass is 79.9. The number of carboxylic acid groups (broad SMARTS) is 1. The van der Waals surface area contributed by atoms with Gasteiger partial charge in [-0.15, -0.1) is 0 Å². The summed E-state index contributed by atoms with van der Waals surface area (Å²) in [6.45, 7) is 2.20. The van der Waals surface area contributed by atoms with Crippen LogP contribution < -0.4 is 5.32 Å². The van der Waals surface area contributed by atoms with E-state index in [0.29, 0.717) is 24.9 Å². The van der Waals surface area contributed by atoms with E-state index in [1.54, 1.807) is 6.92 Å². The van der Waals surface area contributed by atoms with E-state index in [2.05, 4.69) is 26.2 Å². The maximum Gasteiger partial charge on any atom is 0.352 e. The number of H-pyrrole nitrogens is 1. The number of nitrogens with one attached hydrogen (secondary N) is 2. The van der Waals surface area contributed by atoms with Crippen LogP contribution in [0.5, 0.6) is 0 Å². The standard InChI is InChI=1S/C14H15BrN2O3/c1-2-12(18)16-6-5-9-10-7-8(15)3-4-11(10)17-13(9)14(19)20/h3-4,7,17H,2,5-6H2,1H3,(H,16,18)(H,19,20).